The molecule has 2 rings (SSSR count). The van der Waals surface area contributed by atoms with Gasteiger partial charge in [-0.1, -0.05) is 0 Å². The largest absolute Gasteiger partial charge is 0.341 e. The van der Waals surface area contributed by atoms with Gasteiger partial charge in [0.2, 0.25) is 5.91 Å². The van der Waals surface area contributed by atoms with Crippen LogP contribution in [0.4, 0.5) is 0 Å². The van der Waals surface area contributed by atoms with Crippen molar-refractivity contribution in [2.75, 3.05) is 13.1 Å². The van der Waals surface area contributed by atoms with Gasteiger partial charge in [0.05, 0.1) is 0 Å². The number of carbonyl (C=O) groups excluding carboxylic acids is 1. The summed E-state index contributed by atoms with van der Waals surface area (Å²) < 4.78 is 1.94. The molecule has 1 aliphatic rings. The van der Waals surface area contributed by atoms with Crippen molar-refractivity contribution in [1.82, 2.24) is 14.5 Å². The summed E-state index contributed by atoms with van der Waals surface area (Å²) in [7, 11) is 0. The smallest absolute Gasteiger partial charge is 0.245 e. The molecule has 88 valence electrons. The zero-order valence-electron chi connectivity index (χ0n) is 10.0. The van der Waals surface area contributed by atoms with Crippen LogP contribution in [0.25, 0.3) is 0 Å². The summed E-state index contributed by atoms with van der Waals surface area (Å²) >= 11 is 0. The van der Waals surface area contributed by atoms with Gasteiger partial charge >= 0.3 is 0 Å². The molecule has 0 aliphatic carbocycles. The SMILES string of the molecule is Cc1nccn1C(C)C(=O)N1CCCCC1. The minimum atomic E-state index is -0.124. The third-order valence-corrected chi connectivity index (χ3v) is 3.30. The fourth-order valence-corrected chi connectivity index (χ4v) is 2.29. The van der Waals surface area contributed by atoms with E-state index < -0.39 is 0 Å². The summed E-state index contributed by atoms with van der Waals surface area (Å²) in [6, 6.07) is -0.124. The molecule has 1 saturated heterocycles. The molecule has 1 amide bonds. The molecular formula is C12H19N3O. The summed E-state index contributed by atoms with van der Waals surface area (Å²) in [6.07, 6.45) is 7.15. The lowest BCUT2D eigenvalue weighted by molar-refractivity contribution is -0.135. The average Bonchev–Trinajstić information content (AvgIpc) is 2.75. The Labute approximate surface area is 96.3 Å². The number of aryl methyl sites for hydroxylation is 1. The fraction of sp³-hybridized carbons (Fsp3) is 0.667. The number of rotatable bonds is 2. The van der Waals surface area contributed by atoms with Crippen LogP contribution in [0.15, 0.2) is 12.4 Å². The van der Waals surface area contributed by atoms with E-state index in [1.807, 2.05) is 29.5 Å². The minimum absolute atomic E-state index is 0.124. The lowest BCUT2D eigenvalue weighted by atomic mass is 10.1. The highest BCUT2D eigenvalue weighted by atomic mass is 16.2. The van der Waals surface area contributed by atoms with Gasteiger partial charge in [-0.3, -0.25) is 4.79 Å². The van der Waals surface area contributed by atoms with Gasteiger partial charge in [-0.2, -0.15) is 0 Å². The third kappa shape index (κ3) is 2.10. The van der Waals surface area contributed by atoms with Crippen molar-refractivity contribution in [3.8, 4) is 0 Å². The summed E-state index contributed by atoms with van der Waals surface area (Å²) in [5.74, 6) is 1.12. The quantitative estimate of drug-likeness (QED) is 0.763. The second kappa shape index (κ2) is 4.68. The van der Waals surface area contributed by atoms with Crippen molar-refractivity contribution in [2.24, 2.45) is 0 Å². The highest BCUT2D eigenvalue weighted by Crippen LogP contribution is 2.16. The Hall–Kier alpha value is -1.32. The zero-order chi connectivity index (χ0) is 11.5. The van der Waals surface area contributed by atoms with Gasteiger partial charge in [-0.25, -0.2) is 4.98 Å². The molecule has 0 spiro atoms. The van der Waals surface area contributed by atoms with Crippen molar-refractivity contribution >= 4 is 5.91 Å². The fourth-order valence-electron chi connectivity index (χ4n) is 2.29. The number of hydrogen-bond acceptors (Lipinski definition) is 2. The van der Waals surface area contributed by atoms with Crippen LogP contribution in [0.5, 0.6) is 0 Å². The molecule has 0 radical (unpaired) electrons. The van der Waals surface area contributed by atoms with Crippen LogP contribution in [0.1, 0.15) is 38.1 Å². The number of piperidine rings is 1. The number of amides is 1. The van der Waals surface area contributed by atoms with Gasteiger partial charge in [0.15, 0.2) is 0 Å². The molecule has 4 nitrogen and oxygen atoms in total. The Balaban J connectivity index is 2.06. The van der Waals surface area contributed by atoms with Crippen molar-refractivity contribution in [2.45, 2.75) is 39.2 Å². The maximum absolute atomic E-state index is 12.2. The normalized spacial score (nSPS) is 18.5. The van der Waals surface area contributed by atoms with Gasteiger partial charge in [-0.05, 0) is 33.1 Å². The maximum Gasteiger partial charge on any atom is 0.245 e. The van der Waals surface area contributed by atoms with Crippen molar-refractivity contribution in [3.05, 3.63) is 18.2 Å². The lowest BCUT2D eigenvalue weighted by Crippen LogP contribution is -2.39. The predicted octanol–water partition coefficient (Wildman–Crippen LogP) is 1.77. The molecule has 0 saturated carbocycles. The van der Waals surface area contributed by atoms with Gasteiger partial charge in [0.25, 0.3) is 0 Å². The number of carbonyl (C=O) groups is 1. The number of hydrogen-bond donors (Lipinski definition) is 0. The molecular weight excluding hydrogens is 202 g/mol. The summed E-state index contributed by atoms with van der Waals surface area (Å²) in [5, 5.41) is 0. The second-order valence-corrected chi connectivity index (χ2v) is 4.44. The molecule has 1 aromatic rings. The Kier molecular flexibility index (Phi) is 3.27. The van der Waals surface area contributed by atoms with Crippen LogP contribution in [0.2, 0.25) is 0 Å². The van der Waals surface area contributed by atoms with E-state index in [2.05, 4.69) is 4.98 Å². The molecule has 0 aromatic carbocycles. The molecule has 1 aliphatic heterocycles. The van der Waals surface area contributed by atoms with E-state index in [1.54, 1.807) is 6.20 Å². The van der Waals surface area contributed by atoms with Crippen molar-refractivity contribution in [1.29, 1.82) is 0 Å². The molecule has 0 N–H and O–H groups in total. The highest BCUT2D eigenvalue weighted by Gasteiger charge is 2.23. The Morgan fingerprint density at radius 1 is 1.38 bits per heavy atom. The maximum atomic E-state index is 12.2. The van der Waals surface area contributed by atoms with E-state index in [9.17, 15) is 4.79 Å². The third-order valence-electron chi connectivity index (χ3n) is 3.30. The van der Waals surface area contributed by atoms with E-state index in [0.29, 0.717) is 0 Å². The van der Waals surface area contributed by atoms with Crippen molar-refractivity contribution < 1.29 is 4.79 Å². The Morgan fingerprint density at radius 2 is 2.06 bits per heavy atom. The first-order valence-electron chi connectivity index (χ1n) is 5.98. The van der Waals surface area contributed by atoms with Crippen LogP contribution in [0, 0.1) is 6.92 Å². The lowest BCUT2D eigenvalue weighted by Gasteiger charge is -2.29. The van der Waals surface area contributed by atoms with Gasteiger partial charge in [0, 0.05) is 25.5 Å². The molecule has 4 heteroatoms. The van der Waals surface area contributed by atoms with Crippen LogP contribution in [0.3, 0.4) is 0 Å². The number of nitrogens with zero attached hydrogens (tertiary/aromatic N) is 3. The van der Waals surface area contributed by atoms with E-state index >= 15 is 0 Å². The molecule has 1 fully saturated rings. The van der Waals surface area contributed by atoms with Crippen molar-refractivity contribution in [3.63, 3.8) is 0 Å². The van der Waals surface area contributed by atoms with Crippen LogP contribution < -0.4 is 0 Å². The van der Waals surface area contributed by atoms with E-state index in [0.717, 1.165) is 31.8 Å². The molecule has 1 atom stereocenters. The van der Waals surface area contributed by atoms with E-state index in [-0.39, 0.29) is 11.9 Å². The number of likely N-dealkylation sites (tertiary alicyclic amines) is 1. The standard InChI is InChI=1S/C12H19N3O/c1-10(15-9-6-13-11(15)2)12(16)14-7-4-3-5-8-14/h6,9-10H,3-5,7-8H2,1-2H3. The molecule has 1 aromatic heterocycles. The Morgan fingerprint density at radius 3 is 2.62 bits per heavy atom. The van der Waals surface area contributed by atoms with E-state index in [1.165, 1.54) is 6.42 Å². The van der Waals surface area contributed by atoms with Gasteiger partial charge in [0.1, 0.15) is 11.9 Å². The molecule has 1 unspecified atom stereocenters. The van der Waals surface area contributed by atoms with Crippen LogP contribution in [-0.2, 0) is 4.79 Å². The van der Waals surface area contributed by atoms with Crippen LogP contribution >= 0.6 is 0 Å². The number of imidazole rings is 1. The van der Waals surface area contributed by atoms with E-state index in [4.69, 9.17) is 0 Å². The summed E-state index contributed by atoms with van der Waals surface area (Å²) in [6.45, 7) is 5.71. The topological polar surface area (TPSA) is 38.1 Å². The molecule has 0 bridgehead atoms. The first-order chi connectivity index (χ1) is 7.70. The zero-order valence-corrected chi connectivity index (χ0v) is 10.0. The molecule has 2 heterocycles. The van der Waals surface area contributed by atoms with Gasteiger partial charge in [-0.15, -0.1) is 0 Å². The highest BCUT2D eigenvalue weighted by molar-refractivity contribution is 5.80. The minimum Gasteiger partial charge on any atom is -0.341 e. The van der Waals surface area contributed by atoms with Crippen LogP contribution in [-0.4, -0.2) is 33.4 Å². The first-order valence-corrected chi connectivity index (χ1v) is 5.98. The monoisotopic (exact) mass is 221 g/mol. The summed E-state index contributed by atoms with van der Waals surface area (Å²) in [5.41, 5.74) is 0. The second-order valence-electron chi connectivity index (χ2n) is 4.44. The molecule has 16 heavy (non-hydrogen) atoms. The number of aromatic nitrogens is 2. The Bertz CT molecular complexity index is 366. The summed E-state index contributed by atoms with van der Waals surface area (Å²) in [4.78, 5) is 18.4. The first kappa shape index (κ1) is 11.2. The predicted molar refractivity (Wildman–Crippen MR) is 62.1 cm³/mol. The van der Waals surface area contributed by atoms with Gasteiger partial charge < -0.3 is 9.47 Å². The average molecular weight is 221 g/mol.